The summed E-state index contributed by atoms with van der Waals surface area (Å²) in [5.74, 6) is 1.55. The number of nitrogens with zero attached hydrogens (tertiary/aromatic N) is 3. The smallest absolute Gasteiger partial charge is 0.255 e. The third kappa shape index (κ3) is 3.97. The van der Waals surface area contributed by atoms with E-state index in [9.17, 15) is 4.79 Å². The molecular formula is C18H20N4O3. The minimum atomic E-state index is -0.0978. The van der Waals surface area contributed by atoms with Crippen molar-refractivity contribution in [1.82, 2.24) is 15.3 Å². The first-order valence-corrected chi connectivity index (χ1v) is 8.32. The molecule has 7 heteroatoms. The second kappa shape index (κ2) is 7.34. The second-order valence-corrected chi connectivity index (χ2v) is 6.21. The van der Waals surface area contributed by atoms with E-state index >= 15 is 0 Å². The predicted octanol–water partition coefficient (Wildman–Crippen LogP) is 2.68. The highest BCUT2D eigenvalue weighted by Crippen LogP contribution is 2.24. The fourth-order valence-corrected chi connectivity index (χ4v) is 3.09. The number of amides is 1. The first-order valence-electron chi connectivity index (χ1n) is 8.32. The fraction of sp³-hybridized carbons (Fsp3) is 0.444. The Morgan fingerprint density at radius 1 is 1.28 bits per heavy atom. The SMILES string of the molecule is Cc1cc(C(=O)NC2CCC(Oc3nccnc3C#N)CC2)c(C)o1. The minimum Gasteiger partial charge on any atom is -0.472 e. The van der Waals surface area contributed by atoms with E-state index in [0.29, 0.717) is 11.3 Å². The zero-order valence-electron chi connectivity index (χ0n) is 14.3. The lowest BCUT2D eigenvalue weighted by atomic mass is 9.92. The van der Waals surface area contributed by atoms with E-state index < -0.39 is 0 Å². The maximum absolute atomic E-state index is 12.3. The molecule has 0 saturated heterocycles. The summed E-state index contributed by atoms with van der Waals surface area (Å²) in [7, 11) is 0. The Morgan fingerprint density at radius 2 is 2.00 bits per heavy atom. The summed E-state index contributed by atoms with van der Waals surface area (Å²) in [6.45, 7) is 3.62. The molecule has 3 rings (SSSR count). The zero-order valence-corrected chi connectivity index (χ0v) is 14.3. The molecule has 0 spiro atoms. The van der Waals surface area contributed by atoms with E-state index in [2.05, 4.69) is 15.3 Å². The van der Waals surface area contributed by atoms with Gasteiger partial charge in [-0.2, -0.15) is 5.26 Å². The summed E-state index contributed by atoms with van der Waals surface area (Å²) in [4.78, 5) is 20.4. The van der Waals surface area contributed by atoms with Crippen molar-refractivity contribution in [3.63, 3.8) is 0 Å². The van der Waals surface area contributed by atoms with Crippen molar-refractivity contribution in [3.8, 4) is 11.9 Å². The van der Waals surface area contributed by atoms with E-state index in [1.165, 1.54) is 12.4 Å². The quantitative estimate of drug-likeness (QED) is 0.918. The molecule has 130 valence electrons. The molecule has 1 aliphatic rings. The van der Waals surface area contributed by atoms with Gasteiger partial charge in [0, 0.05) is 18.4 Å². The van der Waals surface area contributed by atoms with Gasteiger partial charge in [-0.15, -0.1) is 0 Å². The van der Waals surface area contributed by atoms with Crippen LogP contribution < -0.4 is 10.1 Å². The Hall–Kier alpha value is -2.88. The van der Waals surface area contributed by atoms with Crippen LogP contribution in [0.4, 0.5) is 0 Å². The molecule has 0 aromatic carbocycles. The molecule has 25 heavy (non-hydrogen) atoms. The molecule has 7 nitrogen and oxygen atoms in total. The number of nitrogens with one attached hydrogen (secondary N) is 1. The highest BCUT2D eigenvalue weighted by atomic mass is 16.5. The lowest BCUT2D eigenvalue weighted by molar-refractivity contribution is 0.0888. The molecule has 2 aromatic rings. The topological polar surface area (TPSA) is 101 Å². The van der Waals surface area contributed by atoms with Gasteiger partial charge in [0.25, 0.3) is 11.8 Å². The molecule has 1 N–H and O–H groups in total. The maximum Gasteiger partial charge on any atom is 0.255 e. The summed E-state index contributed by atoms with van der Waals surface area (Å²) in [6.07, 6.45) is 6.17. The molecule has 1 amide bonds. The number of ether oxygens (including phenoxy) is 1. The lowest BCUT2D eigenvalue weighted by Gasteiger charge is -2.29. The first kappa shape index (κ1) is 17.0. The first-order chi connectivity index (χ1) is 12.1. The highest BCUT2D eigenvalue weighted by Gasteiger charge is 2.26. The molecule has 0 unspecified atom stereocenters. The van der Waals surface area contributed by atoms with Gasteiger partial charge in [0.2, 0.25) is 5.69 Å². The van der Waals surface area contributed by atoms with Gasteiger partial charge in [-0.3, -0.25) is 4.79 Å². The molecule has 2 aromatic heterocycles. The van der Waals surface area contributed by atoms with Crippen LogP contribution in [-0.4, -0.2) is 28.0 Å². The standard InChI is InChI=1S/C18H20N4O3/c1-11-9-15(12(2)24-11)17(23)22-13-3-5-14(6-4-13)25-18-16(10-19)20-7-8-21-18/h7-9,13-14H,3-6H2,1-2H3,(H,22,23). The fourth-order valence-electron chi connectivity index (χ4n) is 3.09. The van der Waals surface area contributed by atoms with Crippen LogP contribution in [-0.2, 0) is 0 Å². The molecular weight excluding hydrogens is 320 g/mol. The number of furan rings is 1. The van der Waals surface area contributed by atoms with Crippen LogP contribution >= 0.6 is 0 Å². The Bertz CT molecular complexity index is 801. The molecule has 0 atom stereocenters. The minimum absolute atomic E-state index is 0.0187. The van der Waals surface area contributed by atoms with Crippen LogP contribution in [0.15, 0.2) is 22.9 Å². The third-order valence-corrected chi connectivity index (χ3v) is 4.34. The number of hydrogen-bond acceptors (Lipinski definition) is 6. The Balaban J connectivity index is 1.53. The van der Waals surface area contributed by atoms with Crippen LogP contribution in [0.1, 0.15) is 53.3 Å². The number of hydrogen-bond donors (Lipinski definition) is 1. The molecule has 1 saturated carbocycles. The monoisotopic (exact) mass is 340 g/mol. The summed E-state index contributed by atoms with van der Waals surface area (Å²) in [6, 6.07) is 3.85. The van der Waals surface area contributed by atoms with Crippen LogP contribution in [0.2, 0.25) is 0 Å². The summed E-state index contributed by atoms with van der Waals surface area (Å²) < 4.78 is 11.2. The van der Waals surface area contributed by atoms with Crippen molar-refractivity contribution in [1.29, 1.82) is 5.26 Å². The number of rotatable bonds is 4. The summed E-state index contributed by atoms with van der Waals surface area (Å²) >= 11 is 0. The van der Waals surface area contributed by atoms with Gasteiger partial charge in [0.05, 0.1) is 5.56 Å². The van der Waals surface area contributed by atoms with Crippen LogP contribution in [0.3, 0.4) is 0 Å². The third-order valence-electron chi connectivity index (χ3n) is 4.34. The van der Waals surface area contributed by atoms with Crippen molar-refractivity contribution in [2.45, 2.75) is 51.7 Å². The van der Waals surface area contributed by atoms with Crippen molar-refractivity contribution < 1.29 is 13.9 Å². The number of aryl methyl sites for hydroxylation is 2. The number of carbonyl (C=O) groups is 1. The van der Waals surface area contributed by atoms with Crippen molar-refractivity contribution in [2.24, 2.45) is 0 Å². The van der Waals surface area contributed by atoms with Gasteiger partial charge in [-0.05, 0) is 45.6 Å². The van der Waals surface area contributed by atoms with Gasteiger partial charge >= 0.3 is 0 Å². The van der Waals surface area contributed by atoms with Crippen LogP contribution in [0, 0.1) is 25.2 Å². The van der Waals surface area contributed by atoms with E-state index in [0.717, 1.165) is 31.4 Å². The van der Waals surface area contributed by atoms with Crippen LogP contribution in [0.25, 0.3) is 0 Å². The van der Waals surface area contributed by atoms with Crippen molar-refractivity contribution in [3.05, 3.63) is 41.2 Å². The van der Waals surface area contributed by atoms with Gasteiger partial charge < -0.3 is 14.5 Å². The lowest BCUT2D eigenvalue weighted by Crippen LogP contribution is -2.39. The molecule has 0 bridgehead atoms. The largest absolute Gasteiger partial charge is 0.472 e. The number of carbonyl (C=O) groups excluding carboxylic acids is 1. The molecule has 2 heterocycles. The average molecular weight is 340 g/mol. The van der Waals surface area contributed by atoms with E-state index in [4.69, 9.17) is 14.4 Å². The molecule has 0 radical (unpaired) electrons. The van der Waals surface area contributed by atoms with Crippen molar-refractivity contribution >= 4 is 5.91 Å². The number of aromatic nitrogens is 2. The molecule has 1 aliphatic carbocycles. The summed E-state index contributed by atoms with van der Waals surface area (Å²) in [5, 5.41) is 12.1. The Kier molecular flexibility index (Phi) is 4.98. The Labute approximate surface area is 146 Å². The Morgan fingerprint density at radius 3 is 2.64 bits per heavy atom. The van der Waals surface area contributed by atoms with Crippen LogP contribution in [0.5, 0.6) is 5.88 Å². The van der Waals surface area contributed by atoms with Crippen molar-refractivity contribution in [2.75, 3.05) is 0 Å². The van der Waals surface area contributed by atoms with Gasteiger partial charge in [0.1, 0.15) is 23.7 Å². The van der Waals surface area contributed by atoms with E-state index in [1.807, 2.05) is 13.0 Å². The summed E-state index contributed by atoms with van der Waals surface area (Å²) in [5.41, 5.74) is 0.790. The maximum atomic E-state index is 12.3. The van der Waals surface area contributed by atoms with E-state index in [1.54, 1.807) is 13.0 Å². The second-order valence-electron chi connectivity index (χ2n) is 6.21. The van der Waals surface area contributed by atoms with Gasteiger partial charge in [-0.25, -0.2) is 9.97 Å². The average Bonchev–Trinajstić information content (AvgIpc) is 2.95. The van der Waals surface area contributed by atoms with Gasteiger partial charge in [-0.1, -0.05) is 0 Å². The van der Waals surface area contributed by atoms with Gasteiger partial charge in [0.15, 0.2) is 0 Å². The predicted molar refractivity (Wildman–Crippen MR) is 89.1 cm³/mol. The molecule has 1 fully saturated rings. The number of nitriles is 1. The normalized spacial score (nSPS) is 19.9. The highest BCUT2D eigenvalue weighted by molar-refractivity contribution is 5.95. The van der Waals surface area contributed by atoms with E-state index in [-0.39, 0.29) is 29.6 Å². The molecule has 0 aliphatic heterocycles. The zero-order chi connectivity index (χ0) is 17.8.